The summed E-state index contributed by atoms with van der Waals surface area (Å²) >= 11 is 18.7. The van der Waals surface area contributed by atoms with Crippen molar-refractivity contribution in [2.75, 3.05) is 32.6 Å². The van der Waals surface area contributed by atoms with Gasteiger partial charge in [0.1, 0.15) is 11.5 Å². The van der Waals surface area contributed by atoms with E-state index in [0.717, 1.165) is 67.6 Å². The second kappa shape index (κ2) is 21.5. The van der Waals surface area contributed by atoms with Crippen LogP contribution < -0.4 is 26.7 Å². The van der Waals surface area contributed by atoms with E-state index in [1.54, 1.807) is 51.2 Å². The maximum atomic E-state index is 12.0. The van der Waals surface area contributed by atoms with Crippen LogP contribution in [-0.4, -0.2) is 58.9 Å². The molecule has 16 heteroatoms. The van der Waals surface area contributed by atoms with Gasteiger partial charge in [-0.1, -0.05) is 59.1 Å². The molecule has 2 unspecified atom stereocenters. The Morgan fingerprint density at radius 2 is 1.19 bits per heavy atom. The lowest BCUT2D eigenvalue weighted by atomic mass is 9.98. The van der Waals surface area contributed by atoms with Crippen LogP contribution in [0.3, 0.4) is 0 Å². The molecule has 6 aromatic rings. The van der Waals surface area contributed by atoms with Gasteiger partial charge in [-0.05, 0) is 73.5 Å². The fourth-order valence-electron chi connectivity index (χ4n) is 7.47. The number of aromatic nitrogens is 2. The normalized spacial score (nSPS) is 13.5. The number of nitrogens with two attached hydrogens (primary N) is 1. The molecule has 332 valence electrons. The maximum Gasteiger partial charge on any atom is 0.219 e. The van der Waals surface area contributed by atoms with Gasteiger partial charge in [0.25, 0.3) is 0 Å². The highest BCUT2D eigenvalue weighted by molar-refractivity contribution is 6.36. The molecule has 6 N–H and O–H groups in total. The zero-order valence-electron chi connectivity index (χ0n) is 36.6. The maximum absolute atomic E-state index is 12.0. The first-order chi connectivity index (χ1) is 30.1. The van der Waals surface area contributed by atoms with E-state index in [4.69, 9.17) is 68.1 Å². The molecule has 0 saturated carbocycles. The van der Waals surface area contributed by atoms with E-state index in [1.807, 2.05) is 66.4 Å². The standard InChI is InChI=1S/C24H23ClN4O2.C15H12ClN3O.C9H12ClNO.H3N/c1-14(16-5-8-23(31-4)20(25)11-16)27-24-18-12-17(26-3)6-7-21(18)28-22-9-10-29(15(2)30)13-19(22)24;1-9(20)19-6-5-14-12(8-19)15(16)11-7-10(17-2)3-4-13(11)18-14;1-6(11)7-3-4-9(12-2)8(10)5-7;/h5-8,11-12,14H,9-10,13H2,1-2,4H3,(H,27,28);3-4,7H,5-6,8H2,1H3;3-6H,11H2,1-2H3;1H3. The third kappa shape index (κ3) is 10.9. The Morgan fingerprint density at radius 1 is 0.719 bits per heavy atom. The number of methoxy groups -OCH3 is 2. The lowest BCUT2D eigenvalue weighted by molar-refractivity contribution is -0.130. The van der Waals surface area contributed by atoms with E-state index in [-0.39, 0.29) is 30.0 Å². The van der Waals surface area contributed by atoms with Crippen LogP contribution in [0.25, 0.3) is 31.5 Å². The summed E-state index contributed by atoms with van der Waals surface area (Å²) in [5, 5.41) is 7.05. The number of nitrogens with one attached hydrogen (secondary N) is 1. The summed E-state index contributed by atoms with van der Waals surface area (Å²) < 4.78 is 10.3. The van der Waals surface area contributed by atoms with Crippen molar-refractivity contribution in [3.63, 3.8) is 0 Å². The zero-order chi connectivity index (χ0) is 45.5. The molecule has 2 aromatic heterocycles. The van der Waals surface area contributed by atoms with E-state index < -0.39 is 0 Å². The highest BCUT2D eigenvalue weighted by Gasteiger charge is 2.26. The van der Waals surface area contributed by atoms with Crippen LogP contribution in [0, 0.1) is 13.1 Å². The van der Waals surface area contributed by atoms with Crippen LogP contribution in [0.5, 0.6) is 11.5 Å². The van der Waals surface area contributed by atoms with Crippen molar-refractivity contribution in [3.05, 3.63) is 144 Å². The lowest BCUT2D eigenvalue weighted by Gasteiger charge is -2.31. The van der Waals surface area contributed by atoms with E-state index in [2.05, 4.69) is 26.9 Å². The summed E-state index contributed by atoms with van der Waals surface area (Å²) in [5.41, 5.74) is 15.2. The van der Waals surface area contributed by atoms with Gasteiger partial charge >= 0.3 is 0 Å². The number of benzene rings is 4. The number of ether oxygens (including phenoxy) is 2. The molecule has 0 fully saturated rings. The number of carbonyl (C=O) groups excluding carboxylic acids is 2. The predicted octanol–water partition coefficient (Wildman–Crippen LogP) is 11.4. The highest BCUT2D eigenvalue weighted by Crippen LogP contribution is 2.38. The molecule has 4 aromatic carbocycles. The third-order valence-corrected chi connectivity index (χ3v) is 12.1. The number of rotatable bonds is 6. The fraction of sp³-hybridized carbons (Fsp3) is 0.292. The molecule has 13 nitrogen and oxygen atoms in total. The average molecular weight is 923 g/mol. The summed E-state index contributed by atoms with van der Waals surface area (Å²) in [6.45, 7) is 23.9. The molecule has 0 saturated heterocycles. The van der Waals surface area contributed by atoms with Crippen molar-refractivity contribution in [1.82, 2.24) is 25.9 Å². The average Bonchev–Trinajstić information content (AvgIpc) is 3.28. The third-order valence-electron chi connectivity index (χ3n) is 11.1. The second-order valence-corrected chi connectivity index (χ2v) is 16.4. The molecule has 8 rings (SSSR count). The van der Waals surface area contributed by atoms with Crippen molar-refractivity contribution in [2.45, 2.75) is 65.7 Å². The van der Waals surface area contributed by atoms with Crippen LogP contribution in [0.1, 0.15) is 73.4 Å². The topological polar surface area (TPSA) is 167 Å². The van der Waals surface area contributed by atoms with Crippen LogP contribution in [0.15, 0.2) is 72.8 Å². The molecule has 2 atom stereocenters. The van der Waals surface area contributed by atoms with Gasteiger partial charge in [-0.3, -0.25) is 19.6 Å². The number of fused-ring (bicyclic) bond motifs is 4. The molecular weight excluding hydrogens is 873 g/mol. The molecule has 64 heavy (non-hydrogen) atoms. The summed E-state index contributed by atoms with van der Waals surface area (Å²) in [6, 6.07) is 22.1. The molecule has 0 bridgehead atoms. The van der Waals surface area contributed by atoms with Gasteiger partial charge in [0, 0.05) is 104 Å². The lowest BCUT2D eigenvalue weighted by Crippen LogP contribution is -2.35. The number of anilines is 1. The van der Waals surface area contributed by atoms with Gasteiger partial charge in [-0.2, -0.15) is 0 Å². The van der Waals surface area contributed by atoms with Crippen molar-refractivity contribution >= 4 is 85.5 Å². The van der Waals surface area contributed by atoms with E-state index in [1.165, 1.54) is 0 Å². The molecule has 0 aliphatic carbocycles. The zero-order valence-corrected chi connectivity index (χ0v) is 38.8. The molecule has 0 radical (unpaired) electrons. The van der Waals surface area contributed by atoms with Crippen molar-refractivity contribution in [2.24, 2.45) is 5.73 Å². The Hall–Kier alpha value is -6.19. The van der Waals surface area contributed by atoms with E-state index in [9.17, 15) is 9.59 Å². The van der Waals surface area contributed by atoms with Crippen molar-refractivity contribution < 1.29 is 19.1 Å². The van der Waals surface area contributed by atoms with Gasteiger partial charge in [0.2, 0.25) is 11.8 Å². The first-order valence-corrected chi connectivity index (χ1v) is 21.3. The van der Waals surface area contributed by atoms with Crippen LogP contribution in [0.2, 0.25) is 15.1 Å². The number of hydrogen-bond donors (Lipinski definition) is 3. The van der Waals surface area contributed by atoms with E-state index >= 15 is 0 Å². The number of hydrogen-bond acceptors (Lipinski definition) is 9. The first kappa shape index (κ1) is 48.8. The second-order valence-electron chi connectivity index (χ2n) is 15.2. The number of nitrogens with zero attached hydrogens (tertiary/aromatic N) is 6. The highest BCUT2D eigenvalue weighted by atomic mass is 35.5. The van der Waals surface area contributed by atoms with E-state index in [0.29, 0.717) is 70.5 Å². The van der Waals surface area contributed by atoms with Gasteiger partial charge < -0.3 is 36.5 Å². The van der Waals surface area contributed by atoms with Crippen LogP contribution in [0.4, 0.5) is 17.1 Å². The number of halogens is 3. The van der Waals surface area contributed by atoms with Gasteiger partial charge in [-0.25, -0.2) is 9.69 Å². The monoisotopic (exact) mass is 921 g/mol. The quantitative estimate of drug-likeness (QED) is 0.138. The number of amides is 2. The molecule has 0 spiro atoms. The summed E-state index contributed by atoms with van der Waals surface area (Å²) in [6.07, 6.45) is 1.42. The number of pyridine rings is 2. The van der Waals surface area contributed by atoms with Gasteiger partial charge in [0.05, 0.1) is 53.5 Å². The Morgan fingerprint density at radius 3 is 1.67 bits per heavy atom. The Balaban J connectivity index is 0.000000200. The van der Waals surface area contributed by atoms with Crippen LogP contribution in [-0.2, 0) is 35.5 Å². The Kier molecular flexibility index (Phi) is 16.4. The van der Waals surface area contributed by atoms with Crippen LogP contribution >= 0.6 is 34.8 Å². The Labute approximate surface area is 388 Å². The Bertz CT molecular complexity index is 2810. The minimum absolute atomic E-state index is 0. The first-order valence-electron chi connectivity index (χ1n) is 20.2. The van der Waals surface area contributed by atoms with Gasteiger partial charge in [-0.15, -0.1) is 0 Å². The number of carbonyl (C=O) groups is 2. The SMILES string of the molecule is COc1ccc(C(C)N)cc1Cl.N.[C-]#[N+]c1ccc2nc3c(c(Cl)c2c1)CN(C(C)=O)CC3.[C-]#[N+]c1ccc2nc3c(c(NC(C)c4ccc(OC)c(Cl)c4)c2c1)CN(C(C)=O)CC3. The largest absolute Gasteiger partial charge is 0.495 e. The summed E-state index contributed by atoms with van der Waals surface area (Å²) in [5.74, 6) is 1.40. The molecule has 2 aliphatic rings. The molecule has 2 amide bonds. The minimum Gasteiger partial charge on any atom is -0.495 e. The van der Waals surface area contributed by atoms with Crippen molar-refractivity contribution in [3.8, 4) is 11.5 Å². The minimum atomic E-state index is -0.0672. The molecule has 4 heterocycles. The summed E-state index contributed by atoms with van der Waals surface area (Å²) in [4.78, 5) is 43.6. The fourth-order valence-corrected chi connectivity index (χ4v) is 8.32. The van der Waals surface area contributed by atoms with Gasteiger partial charge in [0.15, 0.2) is 11.4 Å². The predicted molar refractivity (Wildman–Crippen MR) is 256 cm³/mol. The summed E-state index contributed by atoms with van der Waals surface area (Å²) in [7, 11) is 3.18. The smallest absolute Gasteiger partial charge is 0.219 e. The molecular formula is C48H50Cl3N9O4. The van der Waals surface area contributed by atoms with Crippen molar-refractivity contribution in [1.29, 1.82) is 0 Å². The molecule has 2 aliphatic heterocycles.